The van der Waals surface area contributed by atoms with E-state index >= 15 is 0 Å². The lowest BCUT2D eigenvalue weighted by Crippen LogP contribution is -2.44. The zero-order valence-corrected chi connectivity index (χ0v) is 15.4. The number of hydrogen-bond donors (Lipinski definition) is 0. The minimum atomic E-state index is -0.232. The predicted molar refractivity (Wildman–Crippen MR) is 102 cm³/mol. The fourth-order valence-electron chi connectivity index (χ4n) is 4.12. The number of benzene rings is 3. The van der Waals surface area contributed by atoms with Crippen LogP contribution in [-0.4, -0.2) is 0 Å². The lowest BCUT2D eigenvalue weighted by Gasteiger charge is -2.52. The topological polar surface area (TPSA) is 0 Å². The molecule has 3 aliphatic carbocycles. The van der Waals surface area contributed by atoms with E-state index in [9.17, 15) is 0 Å². The molecular formula is C20H12BrI. The molecule has 0 nitrogen and oxygen atoms in total. The van der Waals surface area contributed by atoms with E-state index in [1.54, 1.807) is 0 Å². The van der Waals surface area contributed by atoms with Gasteiger partial charge in [-0.05, 0) is 33.4 Å². The third kappa shape index (κ3) is 1.31. The van der Waals surface area contributed by atoms with E-state index in [2.05, 4.69) is 111 Å². The normalized spacial score (nSPS) is 27.0. The predicted octanol–water partition coefficient (Wildman–Crippen LogP) is 5.73. The van der Waals surface area contributed by atoms with Crippen molar-refractivity contribution < 1.29 is 0 Å². The van der Waals surface area contributed by atoms with Crippen LogP contribution in [0.3, 0.4) is 0 Å². The van der Waals surface area contributed by atoms with Crippen LogP contribution in [0.2, 0.25) is 0 Å². The fraction of sp³-hybridized carbons (Fsp3) is 0.100. The molecule has 3 aromatic carbocycles. The van der Waals surface area contributed by atoms with Crippen molar-refractivity contribution in [3.63, 3.8) is 0 Å². The SMILES string of the molecule is BrC12c3ccccc3C(I)(c3ccccc31)c1ccccc12. The van der Waals surface area contributed by atoms with Crippen LogP contribution in [0, 0.1) is 0 Å². The van der Waals surface area contributed by atoms with Crippen LogP contribution in [0.25, 0.3) is 0 Å². The van der Waals surface area contributed by atoms with Gasteiger partial charge >= 0.3 is 0 Å². The van der Waals surface area contributed by atoms with Crippen molar-refractivity contribution in [1.29, 1.82) is 0 Å². The van der Waals surface area contributed by atoms with Crippen LogP contribution < -0.4 is 0 Å². The molecule has 0 heterocycles. The maximum Gasteiger partial charge on any atom is 0.101 e. The van der Waals surface area contributed by atoms with Crippen molar-refractivity contribution >= 4 is 38.5 Å². The molecule has 0 atom stereocenters. The first-order valence-corrected chi connectivity index (χ1v) is 9.23. The molecular weight excluding hydrogens is 447 g/mol. The highest BCUT2D eigenvalue weighted by atomic mass is 127. The first-order valence-electron chi connectivity index (χ1n) is 7.36. The van der Waals surface area contributed by atoms with Gasteiger partial charge in [-0.15, -0.1) is 0 Å². The molecule has 6 rings (SSSR count). The number of alkyl halides is 2. The van der Waals surface area contributed by atoms with E-state index in [-0.39, 0.29) is 7.75 Å². The summed E-state index contributed by atoms with van der Waals surface area (Å²) < 4.78 is -0.333. The Labute approximate surface area is 151 Å². The molecule has 0 saturated heterocycles. The van der Waals surface area contributed by atoms with Gasteiger partial charge in [-0.3, -0.25) is 0 Å². The van der Waals surface area contributed by atoms with E-state index in [1.165, 1.54) is 33.4 Å². The Balaban J connectivity index is 2.05. The van der Waals surface area contributed by atoms with Crippen LogP contribution in [0.5, 0.6) is 0 Å². The second-order valence-electron chi connectivity index (χ2n) is 5.95. The Morgan fingerprint density at radius 1 is 0.545 bits per heavy atom. The molecule has 2 heteroatoms. The lowest BCUT2D eigenvalue weighted by molar-refractivity contribution is 0.708. The molecule has 2 bridgehead atoms. The Morgan fingerprint density at radius 2 is 0.818 bits per heavy atom. The zero-order chi connectivity index (χ0) is 14.9. The van der Waals surface area contributed by atoms with Gasteiger partial charge in [0.25, 0.3) is 0 Å². The van der Waals surface area contributed by atoms with Gasteiger partial charge in [0.1, 0.15) is 4.32 Å². The smallest absolute Gasteiger partial charge is 0.0695 e. The van der Waals surface area contributed by atoms with Crippen LogP contribution in [0.15, 0.2) is 72.8 Å². The highest BCUT2D eigenvalue weighted by Gasteiger charge is 2.56. The van der Waals surface area contributed by atoms with Gasteiger partial charge in [-0.2, -0.15) is 0 Å². The summed E-state index contributed by atoms with van der Waals surface area (Å²) in [7, 11) is 0. The molecule has 106 valence electrons. The lowest BCUT2D eigenvalue weighted by atomic mass is 9.61. The molecule has 3 aromatic rings. The van der Waals surface area contributed by atoms with Gasteiger partial charge < -0.3 is 0 Å². The monoisotopic (exact) mass is 458 g/mol. The molecule has 3 aliphatic rings. The fourth-order valence-corrected chi connectivity index (χ4v) is 6.57. The largest absolute Gasteiger partial charge is 0.101 e. The van der Waals surface area contributed by atoms with Gasteiger partial charge in [-0.25, -0.2) is 0 Å². The van der Waals surface area contributed by atoms with Crippen molar-refractivity contribution in [2.24, 2.45) is 0 Å². The van der Waals surface area contributed by atoms with Crippen LogP contribution in [0.1, 0.15) is 33.4 Å². The molecule has 0 aromatic heterocycles. The summed E-state index contributed by atoms with van der Waals surface area (Å²) >= 11 is 6.80. The average molecular weight is 459 g/mol. The first-order chi connectivity index (χ1) is 10.7. The van der Waals surface area contributed by atoms with Crippen molar-refractivity contribution in [3.05, 3.63) is 106 Å². The van der Waals surface area contributed by atoms with Gasteiger partial charge in [0.05, 0.1) is 3.42 Å². The van der Waals surface area contributed by atoms with Crippen molar-refractivity contribution in [2.75, 3.05) is 0 Å². The number of hydrogen-bond acceptors (Lipinski definition) is 0. The Hall–Kier alpha value is -1.13. The minimum absolute atomic E-state index is 0.100. The first kappa shape index (κ1) is 13.3. The third-order valence-corrected chi connectivity index (χ3v) is 8.03. The molecule has 0 N–H and O–H groups in total. The molecule has 0 amide bonds. The third-order valence-electron chi connectivity index (χ3n) is 5.01. The van der Waals surface area contributed by atoms with E-state index in [0.717, 1.165) is 0 Å². The average Bonchev–Trinajstić information content (AvgIpc) is 2.59. The van der Waals surface area contributed by atoms with Gasteiger partial charge in [0, 0.05) is 0 Å². The number of halogens is 2. The van der Waals surface area contributed by atoms with Crippen molar-refractivity contribution in [3.8, 4) is 0 Å². The second kappa shape index (κ2) is 4.24. The Kier molecular flexibility index (Phi) is 2.56. The summed E-state index contributed by atoms with van der Waals surface area (Å²) in [4.78, 5) is 0. The van der Waals surface area contributed by atoms with Crippen LogP contribution in [-0.2, 0) is 7.75 Å². The quantitative estimate of drug-likeness (QED) is 0.298. The standard InChI is InChI=1S/C20H12BrI/c21-19-13-7-1-4-10-16(13)20(22,17-11-5-2-8-14(17)19)18-12-6-3-9-15(18)19/h1-12H. The van der Waals surface area contributed by atoms with Crippen LogP contribution in [0.4, 0.5) is 0 Å². The van der Waals surface area contributed by atoms with Crippen molar-refractivity contribution in [1.82, 2.24) is 0 Å². The second-order valence-corrected chi connectivity index (χ2v) is 8.76. The number of rotatable bonds is 0. The Morgan fingerprint density at radius 3 is 1.14 bits per heavy atom. The summed E-state index contributed by atoms with van der Waals surface area (Å²) in [6.07, 6.45) is 0. The summed E-state index contributed by atoms with van der Waals surface area (Å²) in [6, 6.07) is 26.5. The van der Waals surface area contributed by atoms with Gasteiger partial charge in [0.15, 0.2) is 0 Å². The maximum atomic E-state index is 4.15. The van der Waals surface area contributed by atoms with Gasteiger partial charge in [-0.1, -0.05) is 111 Å². The summed E-state index contributed by atoms with van der Waals surface area (Å²) in [5, 5.41) is 0. The summed E-state index contributed by atoms with van der Waals surface area (Å²) in [5.74, 6) is 0. The molecule has 0 unspecified atom stereocenters. The summed E-state index contributed by atoms with van der Waals surface area (Å²) in [6.45, 7) is 0. The molecule has 0 fully saturated rings. The van der Waals surface area contributed by atoms with E-state index in [1.807, 2.05) is 0 Å². The molecule has 0 spiro atoms. The summed E-state index contributed by atoms with van der Waals surface area (Å²) in [5.41, 5.74) is 8.35. The molecule has 0 aliphatic heterocycles. The minimum Gasteiger partial charge on any atom is -0.0695 e. The highest BCUT2D eigenvalue weighted by Crippen LogP contribution is 2.66. The highest BCUT2D eigenvalue weighted by molar-refractivity contribution is 14.1. The van der Waals surface area contributed by atoms with Crippen LogP contribution >= 0.6 is 38.5 Å². The molecule has 22 heavy (non-hydrogen) atoms. The van der Waals surface area contributed by atoms with Gasteiger partial charge in [0.2, 0.25) is 0 Å². The van der Waals surface area contributed by atoms with Crippen molar-refractivity contribution in [2.45, 2.75) is 7.75 Å². The molecule has 0 saturated carbocycles. The van der Waals surface area contributed by atoms with E-state index in [0.29, 0.717) is 0 Å². The van der Waals surface area contributed by atoms with E-state index in [4.69, 9.17) is 0 Å². The zero-order valence-electron chi connectivity index (χ0n) is 11.7. The van der Waals surface area contributed by atoms with E-state index < -0.39 is 0 Å². The maximum absolute atomic E-state index is 4.15. The molecule has 0 radical (unpaired) electrons. The Bertz CT molecular complexity index is 735.